The summed E-state index contributed by atoms with van der Waals surface area (Å²) in [6, 6.07) is 23.1. The summed E-state index contributed by atoms with van der Waals surface area (Å²) in [6.45, 7) is 8.20. The van der Waals surface area contributed by atoms with Gasteiger partial charge in [0.15, 0.2) is 0 Å². The Morgan fingerprint density at radius 3 is 2.22 bits per heavy atom. The van der Waals surface area contributed by atoms with Crippen LogP contribution in [0.2, 0.25) is 0 Å². The molecule has 1 unspecified atom stereocenters. The molecule has 0 aliphatic heterocycles. The third kappa shape index (κ3) is 9.35. The van der Waals surface area contributed by atoms with E-state index in [9.17, 15) is 18.0 Å². The Bertz CT molecular complexity index is 1410. The van der Waals surface area contributed by atoms with Crippen molar-refractivity contribution in [1.29, 1.82) is 0 Å². The zero-order valence-electron chi connectivity index (χ0n) is 24.5. The number of hydrogen-bond donors (Lipinski definition) is 1. The first kappa shape index (κ1) is 31.7. The Hall–Kier alpha value is -3.85. The number of rotatable bonds is 14. The molecule has 0 radical (unpaired) electrons. The van der Waals surface area contributed by atoms with Crippen LogP contribution in [-0.2, 0) is 32.6 Å². The van der Waals surface area contributed by atoms with Gasteiger partial charge in [0.25, 0.3) is 0 Å². The molecule has 2 amide bonds. The van der Waals surface area contributed by atoms with Crippen LogP contribution in [0.25, 0.3) is 0 Å². The van der Waals surface area contributed by atoms with Crippen LogP contribution in [0.1, 0.15) is 37.5 Å². The maximum Gasteiger partial charge on any atom is 0.244 e. The van der Waals surface area contributed by atoms with Crippen LogP contribution in [0.4, 0.5) is 5.69 Å². The molecule has 220 valence electrons. The van der Waals surface area contributed by atoms with Gasteiger partial charge in [-0.25, -0.2) is 8.42 Å². The number of amides is 2. The molecule has 3 aromatic carbocycles. The zero-order valence-corrected chi connectivity index (χ0v) is 25.4. The number of benzene rings is 3. The molecule has 1 N–H and O–H groups in total. The van der Waals surface area contributed by atoms with Crippen LogP contribution in [0, 0.1) is 12.8 Å². The SMILES string of the molecule is CCOc1ccccc1N(CC(=O)N(Cc1cccc(C)c1)C(Cc1ccccc1)C(=O)NCC(C)C)S(C)(=O)=O. The minimum absolute atomic E-state index is 0.137. The van der Waals surface area contributed by atoms with Gasteiger partial charge in [0, 0.05) is 19.5 Å². The fourth-order valence-electron chi connectivity index (χ4n) is 4.52. The predicted molar refractivity (Wildman–Crippen MR) is 163 cm³/mol. The summed E-state index contributed by atoms with van der Waals surface area (Å²) in [5.74, 6) is -0.213. The first-order valence-corrected chi connectivity index (χ1v) is 15.7. The van der Waals surface area contributed by atoms with Crippen LogP contribution in [-0.4, -0.2) is 57.1 Å². The quantitative estimate of drug-likeness (QED) is 0.302. The number of carbonyl (C=O) groups excluding carboxylic acids is 2. The van der Waals surface area contributed by atoms with Gasteiger partial charge in [0.1, 0.15) is 18.3 Å². The molecule has 0 spiro atoms. The number of aryl methyl sites for hydroxylation is 1. The van der Waals surface area contributed by atoms with E-state index >= 15 is 0 Å². The molecule has 1 atom stereocenters. The number of hydrogen-bond acceptors (Lipinski definition) is 5. The highest BCUT2D eigenvalue weighted by Gasteiger charge is 2.33. The van der Waals surface area contributed by atoms with Gasteiger partial charge in [0.05, 0.1) is 18.6 Å². The van der Waals surface area contributed by atoms with Crippen molar-refractivity contribution < 1.29 is 22.7 Å². The standard InChI is InChI=1S/C32H41N3O5S/c1-6-40-30-18-11-10-17-28(30)35(41(5,38)39)23-31(36)34(22-27-16-12-13-25(4)19-27)29(32(37)33-21-24(2)3)20-26-14-8-7-9-15-26/h7-19,24,29H,6,20-23H2,1-5H3,(H,33,37). The summed E-state index contributed by atoms with van der Waals surface area (Å²) in [4.78, 5) is 29.4. The first-order chi connectivity index (χ1) is 19.5. The lowest BCUT2D eigenvalue weighted by atomic mass is 10.0. The van der Waals surface area contributed by atoms with E-state index in [0.29, 0.717) is 18.9 Å². The van der Waals surface area contributed by atoms with Crippen molar-refractivity contribution in [3.8, 4) is 5.75 Å². The molecule has 3 aromatic rings. The Kier molecular flexibility index (Phi) is 11.3. The molecule has 0 saturated heterocycles. The maximum atomic E-state index is 14.2. The second kappa shape index (κ2) is 14.7. The monoisotopic (exact) mass is 579 g/mol. The number of nitrogens with zero attached hydrogens (tertiary/aromatic N) is 2. The molecular weight excluding hydrogens is 538 g/mol. The van der Waals surface area contributed by atoms with Crippen LogP contribution < -0.4 is 14.4 Å². The summed E-state index contributed by atoms with van der Waals surface area (Å²) in [7, 11) is -3.89. The van der Waals surface area contributed by atoms with Gasteiger partial charge in [-0.15, -0.1) is 0 Å². The molecule has 9 heteroatoms. The third-order valence-corrected chi connectivity index (χ3v) is 7.63. The minimum atomic E-state index is -3.89. The lowest BCUT2D eigenvalue weighted by molar-refractivity contribution is -0.140. The largest absolute Gasteiger partial charge is 0.492 e. The Morgan fingerprint density at radius 2 is 1.59 bits per heavy atom. The second-order valence-corrected chi connectivity index (χ2v) is 12.4. The van der Waals surface area contributed by atoms with E-state index in [4.69, 9.17) is 4.74 Å². The molecule has 0 fully saturated rings. The molecular formula is C32H41N3O5S. The average Bonchev–Trinajstić information content (AvgIpc) is 2.93. The van der Waals surface area contributed by atoms with Gasteiger partial charge in [-0.3, -0.25) is 13.9 Å². The normalized spacial score (nSPS) is 12.0. The van der Waals surface area contributed by atoms with Crippen LogP contribution in [0.5, 0.6) is 5.75 Å². The molecule has 0 saturated carbocycles. The highest BCUT2D eigenvalue weighted by atomic mass is 32.2. The van der Waals surface area contributed by atoms with E-state index in [0.717, 1.165) is 27.3 Å². The molecule has 0 heterocycles. The van der Waals surface area contributed by atoms with E-state index in [1.807, 2.05) is 75.4 Å². The summed E-state index contributed by atoms with van der Waals surface area (Å²) >= 11 is 0. The van der Waals surface area contributed by atoms with E-state index < -0.39 is 28.5 Å². The van der Waals surface area contributed by atoms with Crippen molar-refractivity contribution in [2.45, 2.75) is 46.7 Å². The number of sulfonamides is 1. The fraction of sp³-hybridized carbons (Fsp3) is 0.375. The highest BCUT2D eigenvalue weighted by molar-refractivity contribution is 7.92. The fourth-order valence-corrected chi connectivity index (χ4v) is 5.37. The number of anilines is 1. The van der Waals surface area contributed by atoms with Crippen molar-refractivity contribution >= 4 is 27.5 Å². The van der Waals surface area contributed by atoms with Crippen molar-refractivity contribution in [3.05, 3.63) is 95.6 Å². The molecule has 0 aromatic heterocycles. The number of nitrogens with one attached hydrogen (secondary N) is 1. The van der Waals surface area contributed by atoms with Gasteiger partial charge in [-0.05, 0) is 43.0 Å². The molecule has 8 nitrogen and oxygen atoms in total. The lowest BCUT2D eigenvalue weighted by Crippen LogP contribution is -2.53. The van der Waals surface area contributed by atoms with E-state index in [-0.39, 0.29) is 30.5 Å². The maximum absolute atomic E-state index is 14.2. The number of para-hydroxylation sites is 2. The highest BCUT2D eigenvalue weighted by Crippen LogP contribution is 2.30. The molecule has 3 rings (SSSR count). The lowest BCUT2D eigenvalue weighted by Gasteiger charge is -2.34. The first-order valence-electron chi connectivity index (χ1n) is 13.9. The van der Waals surface area contributed by atoms with Gasteiger partial charge in [-0.1, -0.05) is 86.1 Å². The summed E-state index contributed by atoms with van der Waals surface area (Å²) in [6.07, 6.45) is 1.33. The molecule has 0 aliphatic rings. The van der Waals surface area contributed by atoms with E-state index in [2.05, 4.69) is 5.32 Å². The van der Waals surface area contributed by atoms with Crippen molar-refractivity contribution in [2.75, 3.05) is 30.3 Å². The number of ether oxygens (including phenoxy) is 1. The smallest absolute Gasteiger partial charge is 0.244 e. The Labute approximate surface area is 244 Å². The third-order valence-electron chi connectivity index (χ3n) is 6.50. The average molecular weight is 580 g/mol. The topological polar surface area (TPSA) is 96.0 Å². The van der Waals surface area contributed by atoms with Crippen LogP contribution in [0.15, 0.2) is 78.9 Å². The van der Waals surface area contributed by atoms with Crippen LogP contribution in [0.3, 0.4) is 0 Å². The van der Waals surface area contributed by atoms with E-state index in [1.165, 1.54) is 4.90 Å². The predicted octanol–water partition coefficient (Wildman–Crippen LogP) is 4.57. The van der Waals surface area contributed by atoms with Gasteiger partial charge >= 0.3 is 0 Å². The van der Waals surface area contributed by atoms with Crippen molar-refractivity contribution in [3.63, 3.8) is 0 Å². The van der Waals surface area contributed by atoms with Crippen LogP contribution >= 0.6 is 0 Å². The Balaban J connectivity index is 2.07. The van der Waals surface area contributed by atoms with Gasteiger partial charge in [-0.2, -0.15) is 0 Å². The minimum Gasteiger partial charge on any atom is -0.492 e. The summed E-state index contributed by atoms with van der Waals surface area (Å²) in [5, 5.41) is 2.99. The summed E-state index contributed by atoms with van der Waals surface area (Å²) < 4.78 is 32.8. The van der Waals surface area contributed by atoms with Crippen molar-refractivity contribution in [2.24, 2.45) is 5.92 Å². The molecule has 0 bridgehead atoms. The van der Waals surface area contributed by atoms with Gasteiger partial charge < -0.3 is 15.0 Å². The molecule has 0 aliphatic carbocycles. The zero-order chi connectivity index (χ0) is 30.0. The van der Waals surface area contributed by atoms with E-state index in [1.54, 1.807) is 31.2 Å². The molecule has 41 heavy (non-hydrogen) atoms. The van der Waals surface area contributed by atoms with Crippen molar-refractivity contribution in [1.82, 2.24) is 10.2 Å². The van der Waals surface area contributed by atoms with Gasteiger partial charge in [0.2, 0.25) is 21.8 Å². The second-order valence-electron chi connectivity index (χ2n) is 10.5. The summed E-state index contributed by atoms with van der Waals surface area (Å²) in [5.41, 5.74) is 3.02. The Morgan fingerprint density at radius 1 is 0.927 bits per heavy atom. The number of carbonyl (C=O) groups is 2.